The highest BCUT2D eigenvalue weighted by atomic mass is 32.2. The van der Waals surface area contributed by atoms with Crippen molar-refractivity contribution in [2.24, 2.45) is 11.3 Å². The zero-order valence-electron chi connectivity index (χ0n) is 40.4. The Labute approximate surface area is 397 Å². The molecule has 0 aliphatic carbocycles. The summed E-state index contributed by atoms with van der Waals surface area (Å²) < 4.78 is 38.9. The van der Waals surface area contributed by atoms with E-state index in [2.05, 4.69) is 53.2 Å². The zero-order valence-corrected chi connectivity index (χ0v) is 41.2. The summed E-state index contributed by atoms with van der Waals surface area (Å²) >= 11 is 0. The largest absolute Gasteiger partial charge is 0.508 e. The van der Waals surface area contributed by atoms with Crippen molar-refractivity contribution in [3.8, 4) is 28.1 Å². The monoisotopic (exact) mass is 956 g/mol. The van der Waals surface area contributed by atoms with Crippen molar-refractivity contribution in [3.05, 3.63) is 71.5 Å². The molecular weight excluding hydrogens is 893 g/mol. The fourth-order valence-corrected chi connectivity index (χ4v) is 10.6. The van der Waals surface area contributed by atoms with Crippen LogP contribution in [0.2, 0.25) is 0 Å². The van der Waals surface area contributed by atoms with Gasteiger partial charge >= 0.3 is 5.97 Å². The van der Waals surface area contributed by atoms with Crippen molar-refractivity contribution in [2.75, 3.05) is 53.7 Å². The number of phenols is 1. The molecule has 68 heavy (non-hydrogen) atoms. The molecule has 2 saturated heterocycles. The van der Waals surface area contributed by atoms with E-state index in [0.29, 0.717) is 43.5 Å². The van der Waals surface area contributed by atoms with E-state index in [1.165, 1.54) is 24.0 Å². The summed E-state index contributed by atoms with van der Waals surface area (Å²) in [6.07, 6.45) is 5.94. The lowest BCUT2D eigenvalue weighted by molar-refractivity contribution is -0.155. The van der Waals surface area contributed by atoms with Crippen LogP contribution in [-0.4, -0.2) is 150 Å². The number of hydrazine groups is 1. The number of carbonyl (C=O) groups excluding carboxylic acids is 5. The number of fused-ring (bicyclic) bond motifs is 6. The summed E-state index contributed by atoms with van der Waals surface area (Å²) in [6.45, 7) is 10.6. The maximum absolute atomic E-state index is 14.7. The second kappa shape index (κ2) is 20.0. The van der Waals surface area contributed by atoms with E-state index in [1.807, 2.05) is 24.4 Å². The zero-order chi connectivity index (χ0) is 49.4. The van der Waals surface area contributed by atoms with Crippen molar-refractivity contribution >= 4 is 50.5 Å². The molecule has 2 fully saturated rings. The molecule has 5 atom stereocenters. The molecule has 3 aliphatic rings. The summed E-state index contributed by atoms with van der Waals surface area (Å²) in [5, 5.41) is 16.5. The molecule has 19 heteroatoms. The number of hydrogen-bond donors (Lipinski definition) is 3. The van der Waals surface area contributed by atoms with Crippen LogP contribution in [0.4, 0.5) is 0 Å². The van der Waals surface area contributed by atoms with Gasteiger partial charge in [-0.15, -0.1) is 0 Å². The van der Waals surface area contributed by atoms with Crippen LogP contribution in [0, 0.1) is 11.3 Å². The number of carbonyl (C=O) groups is 5. The van der Waals surface area contributed by atoms with Gasteiger partial charge in [0.05, 0.1) is 31.7 Å². The SMILES string of the molecule is CCn1c(-c2cnccc2COC)c2c3cc(ccc31)-c1cc(O)cc(c1)C[C@H](NC(=O)C(C(C)C)N(C)C(=O)CN(C)C(=O)C1CN1S(C)(=O)=O)C(=O)N1CCC[C@H](N1)C(=O)OCC(C)(C)C2. The molecule has 4 aromatic rings. The molecule has 7 rings (SSSR count). The Hall–Kier alpha value is -5.89. The number of methoxy groups -OCH3 is 1. The minimum Gasteiger partial charge on any atom is -0.508 e. The van der Waals surface area contributed by atoms with Gasteiger partial charge < -0.3 is 34.3 Å². The van der Waals surface area contributed by atoms with E-state index >= 15 is 0 Å². The number of aryl methyl sites for hydroxylation is 1. The fourth-order valence-electron chi connectivity index (χ4n) is 9.61. The molecule has 0 spiro atoms. The Morgan fingerprint density at radius 1 is 1.09 bits per heavy atom. The number of rotatable bonds is 12. The molecule has 4 amide bonds. The Balaban J connectivity index is 1.26. The van der Waals surface area contributed by atoms with E-state index < -0.39 is 81.7 Å². The molecule has 0 saturated carbocycles. The molecule has 0 radical (unpaired) electrons. The minimum atomic E-state index is -3.58. The Morgan fingerprint density at radius 2 is 1.84 bits per heavy atom. The van der Waals surface area contributed by atoms with Gasteiger partial charge in [0.25, 0.3) is 5.91 Å². The molecule has 6 bridgehead atoms. The third kappa shape index (κ3) is 10.7. The Morgan fingerprint density at radius 3 is 2.51 bits per heavy atom. The Bertz CT molecular complexity index is 2720. The summed E-state index contributed by atoms with van der Waals surface area (Å²) in [5.41, 5.74) is 9.43. The van der Waals surface area contributed by atoms with Gasteiger partial charge in [-0.25, -0.2) is 13.8 Å². The molecule has 2 aromatic heterocycles. The average Bonchev–Trinajstić information content (AvgIpc) is 4.06. The number of hydrogen-bond acceptors (Lipinski definition) is 12. The standard InChI is InChI=1S/C49H64N8O10S/c1-10-55-40-14-13-31-22-35(40)36(44(55)37-24-50-16-15-32(37)27-66-8)23-49(4,5)28-67-48(63)38-12-11-17-56(52-38)46(61)39(20-30-18-33(31)21-34(58)19-30)51-45(60)43(29(2)3)54(7)42(59)26-53(6)47(62)41-25-57(41)68(9,64)65/h13-16,18-19,21-22,24,29,38-39,41,43,52,58H,10-12,17,20,23,25-28H2,1-9H3,(H,51,60)/t38-,39-,41?,43?,57?/m0/s1. The van der Waals surface area contributed by atoms with Crippen molar-refractivity contribution in [1.29, 1.82) is 0 Å². The second-order valence-corrected chi connectivity index (χ2v) is 21.4. The van der Waals surface area contributed by atoms with Crippen LogP contribution in [0.1, 0.15) is 64.2 Å². The fraction of sp³-hybridized carbons (Fsp3) is 0.510. The molecule has 18 nitrogen and oxygen atoms in total. The predicted molar refractivity (Wildman–Crippen MR) is 255 cm³/mol. The van der Waals surface area contributed by atoms with Crippen LogP contribution in [0.15, 0.2) is 54.9 Å². The number of sulfonamides is 1. The molecule has 366 valence electrons. The minimum absolute atomic E-state index is 0.0263. The quantitative estimate of drug-likeness (QED) is 0.138. The predicted octanol–water partition coefficient (Wildman–Crippen LogP) is 3.48. The van der Waals surface area contributed by atoms with Crippen LogP contribution in [-0.2, 0) is 69.5 Å². The van der Waals surface area contributed by atoms with Crippen molar-refractivity contribution in [3.63, 3.8) is 0 Å². The van der Waals surface area contributed by atoms with E-state index in [9.17, 15) is 37.5 Å². The van der Waals surface area contributed by atoms with Gasteiger partial charge in [-0.05, 0) is 90.3 Å². The second-order valence-electron chi connectivity index (χ2n) is 19.4. The number of cyclic esters (lactones) is 1. The van der Waals surface area contributed by atoms with Crippen molar-refractivity contribution in [2.45, 2.75) is 97.6 Å². The number of nitrogens with zero attached hydrogens (tertiary/aromatic N) is 6. The molecule has 3 unspecified atom stereocenters. The van der Waals surface area contributed by atoms with Crippen LogP contribution >= 0.6 is 0 Å². The number of amides is 4. The normalized spacial score (nSPS) is 21.2. The number of aromatic hydroxyl groups is 1. The van der Waals surface area contributed by atoms with E-state index in [0.717, 1.165) is 54.3 Å². The van der Waals surface area contributed by atoms with E-state index in [4.69, 9.17) is 9.47 Å². The summed E-state index contributed by atoms with van der Waals surface area (Å²) in [5.74, 6) is -3.31. The summed E-state index contributed by atoms with van der Waals surface area (Å²) in [4.78, 5) is 76.7. The number of nitrogens with one attached hydrogen (secondary N) is 2. The van der Waals surface area contributed by atoms with Gasteiger partial charge in [0, 0.05) is 81.5 Å². The van der Waals surface area contributed by atoms with Crippen LogP contribution in [0.3, 0.4) is 0 Å². The topological polar surface area (TPSA) is 213 Å². The highest BCUT2D eigenvalue weighted by Gasteiger charge is 2.48. The lowest BCUT2D eigenvalue weighted by Crippen LogP contribution is -2.62. The molecule has 2 aromatic carbocycles. The summed E-state index contributed by atoms with van der Waals surface area (Å²) in [6, 6.07) is 9.10. The van der Waals surface area contributed by atoms with Gasteiger partial charge in [-0.2, -0.15) is 4.31 Å². The number of ether oxygens (including phenoxy) is 2. The highest BCUT2D eigenvalue weighted by Crippen LogP contribution is 2.41. The first-order valence-corrected chi connectivity index (χ1v) is 24.9. The third-order valence-electron chi connectivity index (χ3n) is 13.1. The van der Waals surface area contributed by atoms with E-state index in [-0.39, 0.29) is 31.9 Å². The number of likely N-dealkylation sites (N-methyl/N-ethyl adjacent to an activating group) is 2. The molecular formula is C49H64N8O10S. The Kier molecular flexibility index (Phi) is 14.7. The maximum atomic E-state index is 14.7. The van der Waals surface area contributed by atoms with Gasteiger partial charge in [0.2, 0.25) is 27.7 Å². The van der Waals surface area contributed by atoms with Gasteiger partial charge in [0.15, 0.2) is 0 Å². The third-order valence-corrected chi connectivity index (χ3v) is 14.3. The smallest absolute Gasteiger partial charge is 0.324 e. The molecule has 5 heterocycles. The average molecular weight is 957 g/mol. The number of aromatic nitrogens is 2. The number of phenolic OH excluding ortho intramolecular Hbond substituents is 1. The first-order valence-electron chi connectivity index (χ1n) is 23.0. The number of benzene rings is 2. The first kappa shape index (κ1) is 50.0. The van der Waals surface area contributed by atoms with Crippen LogP contribution in [0.5, 0.6) is 5.75 Å². The van der Waals surface area contributed by atoms with Crippen LogP contribution < -0.4 is 10.7 Å². The molecule has 3 N–H and O–H groups in total. The van der Waals surface area contributed by atoms with Crippen molar-refractivity contribution < 1.29 is 47.0 Å². The lowest BCUT2D eigenvalue weighted by atomic mass is 9.84. The van der Waals surface area contributed by atoms with Gasteiger partial charge in [0.1, 0.15) is 29.9 Å². The lowest BCUT2D eigenvalue weighted by Gasteiger charge is -2.37. The number of pyridine rings is 1. The highest BCUT2D eigenvalue weighted by molar-refractivity contribution is 7.88. The van der Waals surface area contributed by atoms with Gasteiger partial charge in [-0.1, -0.05) is 39.8 Å². The van der Waals surface area contributed by atoms with E-state index in [1.54, 1.807) is 39.3 Å². The van der Waals surface area contributed by atoms with Gasteiger partial charge in [-0.3, -0.25) is 34.0 Å². The maximum Gasteiger partial charge on any atom is 0.324 e. The van der Waals surface area contributed by atoms with Crippen LogP contribution in [0.25, 0.3) is 33.3 Å². The number of esters is 1. The molecule has 3 aliphatic heterocycles. The summed E-state index contributed by atoms with van der Waals surface area (Å²) in [7, 11) is 0.914. The first-order chi connectivity index (χ1) is 32.1. The van der Waals surface area contributed by atoms with Crippen molar-refractivity contribution in [1.82, 2.24) is 39.4 Å².